The van der Waals surface area contributed by atoms with Crippen molar-refractivity contribution in [3.63, 3.8) is 0 Å². The summed E-state index contributed by atoms with van der Waals surface area (Å²) in [5, 5.41) is 11.2. The van der Waals surface area contributed by atoms with Crippen LogP contribution in [0.1, 0.15) is 48.2 Å². The number of imidazole rings is 1. The number of methoxy groups -OCH3 is 1. The van der Waals surface area contributed by atoms with Gasteiger partial charge in [-0.3, -0.25) is 4.90 Å². The molecule has 3 aromatic rings. The van der Waals surface area contributed by atoms with E-state index in [1.54, 1.807) is 7.11 Å². The summed E-state index contributed by atoms with van der Waals surface area (Å²) in [5.41, 5.74) is 2.69. The standard InChI is InChI=1S/C30H41N3O4/c1-23-7-9-27(24(2)19-23)37-22-30(34)11-5-14-32(16-12-30)21-26-8-10-28(29(20-26)35-4)36-18-6-15-33-17-13-31-25(33)3/h7-10,13,17,19-20,34H,5-6,11-12,14-16,18,21-22H2,1-4H3/t30-/m1/s1. The number of aromatic nitrogens is 2. The van der Waals surface area contributed by atoms with E-state index in [2.05, 4.69) is 39.6 Å². The van der Waals surface area contributed by atoms with Crippen molar-refractivity contribution < 1.29 is 19.3 Å². The predicted octanol–water partition coefficient (Wildman–Crippen LogP) is 5.08. The van der Waals surface area contributed by atoms with Gasteiger partial charge in [-0.15, -0.1) is 0 Å². The molecule has 0 amide bonds. The second-order valence-electron chi connectivity index (χ2n) is 10.3. The zero-order valence-electron chi connectivity index (χ0n) is 22.7. The van der Waals surface area contributed by atoms with Crippen LogP contribution >= 0.6 is 0 Å². The Bertz CT molecular complexity index is 1160. The van der Waals surface area contributed by atoms with Crippen molar-refractivity contribution in [3.05, 3.63) is 71.3 Å². The Labute approximate surface area is 221 Å². The smallest absolute Gasteiger partial charge is 0.161 e. The highest BCUT2D eigenvalue weighted by atomic mass is 16.5. The van der Waals surface area contributed by atoms with Crippen LogP contribution in [0.15, 0.2) is 48.8 Å². The summed E-state index contributed by atoms with van der Waals surface area (Å²) in [5.74, 6) is 3.39. The number of nitrogens with zero attached hydrogens (tertiary/aromatic N) is 3. The van der Waals surface area contributed by atoms with Gasteiger partial charge in [0, 0.05) is 32.0 Å². The highest BCUT2D eigenvalue weighted by Crippen LogP contribution is 2.30. The van der Waals surface area contributed by atoms with Crippen LogP contribution in [0, 0.1) is 20.8 Å². The molecule has 0 aliphatic carbocycles. The number of hydrogen-bond acceptors (Lipinski definition) is 6. The highest BCUT2D eigenvalue weighted by molar-refractivity contribution is 5.43. The maximum absolute atomic E-state index is 11.2. The molecule has 0 radical (unpaired) electrons. The van der Waals surface area contributed by atoms with Gasteiger partial charge in [-0.25, -0.2) is 4.98 Å². The van der Waals surface area contributed by atoms with Crippen molar-refractivity contribution in [1.29, 1.82) is 0 Å². The Morgan fingerprint density at radius 2 is 1.81 bits per heavy atom. The molecule has 0 spiro atoms. The van der Waals surface area contributed by atoms with Crippen LogP contribution in [0.3, 0.4) is 0 Å². The lowest BCUT2D eigenvalue weighted by Crippen LogP contribution is -2.37. The zero-order chi connectivity index (χ0) is 26.3. The topological polar surface area (TPSA) is 69.0 Å². The molecule has 1 fully saturated rings. The third-order valence-corrected chi connectivity index (χ3v) is 7.20. The molecule has 1 aromatic heterocycles. The van der Waals surface area contributed by atoms with E-state index in [4.69, 9.17) is 14.2 Å². The Balaban J connectivity index is 1.27. The summed E-state index contributed by atoms with van der Waals surface area (Å²) in [4.78, 5) is 6.66. The van der Waals surface area contributed by atoms with Gasteiger partial charge in [0.15, 0.2) is 11.5 Å². The van der Waals surface area contributed by atoms with Crippen LogP contribution in [0.25, 0.3) is 0 Å². The van der Waals surface area contributed by atoms with E-state index < -0.39 is 5.60 Å². The van der Waals surface area contributed by atoms with Crippen LogP contribution in [0.4, 0.5) is 0 Å². The molecule has 1 saturated heterocycles. The Kier molecular flexibility index (Phi) is 9.11. The fourth-order valence-corrected chi connectivity index (χ4v) is 4.96. The summed E-state index contributed by atoms with van der Waals surface area (Å²) in [7, 11) is 1.68. The molecular formula is C30H41N3O4. The van der Waals surface area contributed by atoms with Gasteiger partial charge in [-0.05, 0) is 82.3 Å². The summed E-state index contributed by atoms with van der Waals surface area (Å²) < 4.78 is 19.8. The SMILES string of the molecule is COc1cc(CN2CCC[C@](O)(COc3ccc(C)cc3C)CC2)ccc1OCCCn1ccnc1C. The molecule has 1 N–H and O–H groups in total. The molecule has 7 nitrogen and oxygen atoms in total. The first-order valence-electron chi connectivity index (χ1n) is 13.3. The van der Waals surface area contributed by atoms with E-state index in [0.717, 1.165) is 74.1 Å². The van der Waals surface area contributed by atoms with Crippen molar-refractivity contribution in [2.75, 3.05) is 33.4 Å². The molecule has 4 rings (SSSR count). The van der Waals surface area contributed by atoms with Gasteiger partial charge in [0.2, 0.25) is 0 Å². The molecule has 1 atom stereocenters. The summed E-state index contributed by atoms with van der Waals surface area (Å²) in [6.07, 6.45) is 7.07. The molecule has 1 aliphatic rings. The molecule has 7 heteroatoms. The monoisotopic (exact) mass is 507 g/mol. The quantitative estimate of drug-likeness (QED) is 0.365. The number of hydrogen-bond donors (Lipinski definition) is 1. The normalized spacial score (nSPS) is 18.4. The Morgan fingerprint density at radius 3 is 2.57 bits per heavy atom. The minimum atomic E-state index is -0.809. The summed E-state index contributed by atoms with van der Waals surface area (Å²) in [6.45, 7) is 10.5. The van der Waals surface area contributed by atoms with Gasteiger partial charge in [0.1, 0.15) is 18.2 Å². The Morgan fingerprint density at radius 1 is 0.973 bits per heavy atom. The number of aryl methyl sites for hydroxylation is 4. The average molecular weight is 508 g/mol. The van der Waals surface area contributed by atoms with Crippen molar-refractivity contribution in [2.45, 2.75) is 65.1 Å². The van der Waals surface area contributed by atoms with E-state index in [1.165, 1.54) is 11.1 Å². The van der Waals surface area contributed by atoms with E-state index in [9.17, 15) is 5.11 Å². The van der Waals surface area contributed by atoms with Gasteiger partial charge in [-0.1, -0.05) is 23.8 Å². The van der Waals surface area contributed by atoms with Gasteiger partial charge < -0.3 is 23.9 Å². The summed E-state index contributed by atoms with van der Waals surface area (Å²) in [6, 6.07) is 12.3. The molecule has 37 heavy (non-hydrogen) atoms. The molecule has 0 unspecified atom stereocenters. The molecule has 0 bridgehead atoms. The number of aliphatic hydroxyl groups is 1. The van der Waals surface area contributed by atoms with Crippen LogP contribution in [-0.2, 0) is 13.1 Å². The summed E-state index contributed by atoms with van der Waals surface area (Å²) >= 11 is 0. The molecule has 2 heterocycles. The van der Waals surface area contributed by atoms with E-state index in [0.29, 0.717) is 19.6 Å². The van der Waals surface area contributed by atoms with Gasteiger partial charge >= 0.3 is 0 Å². The number of ether oxygens (including phenoxy) is 3. The second kappa shape index (κ2) is 12.5. The molecule has 2 aromatic carbocycles. The van der Waals surface area contributed by atoms with Crippen molar-refractivity contribution in [1.82, 2.24) is 14.5 Å². The average Bonchev–Trinajstić information content (AvgIpc) is 3.20. The second-order valence-corrected chi connectivity index (χ2v) is 10.3. The fourth-order valence-electron chi connectivity index (χ4n) is 4.96. The van der Waals surface area contributed by atoms with Crippen LogP contribution < -0.4 is 14.2 Å². The largest absolute Gasteiger partial charge is 0.493 e. The van der Waals surface area contributed by atoms with Gasteiger partial charge in [-0.2, -0.15) is 0 Å². The first-order chi connectivity index (χ1) is 17.8. The maximum atomic E-state index is 11.2. The van der Waals surface area contributed by atoms with E-state index in [-0.39, 0.29) is 0 Å². The number of rotatable bonds is 11. The third kappa shape index (κ3) is 7.49. The van der Waals surface area contributed by atoms with Gasteiger partial charge in [0.05, 0.1) is 19.3 Å². The lowest BCUT2D eigenvalue weighted by atomic mass is 9.96. The van der Waals surface area contributed by atoms with Crippen LogP contribution in [0.5, 0.6) is 17.2 Å². The lowest BCUT2D eigenvalue weighted by Gasteiger charge is -2.27. The minimum absolute atomic E-state index is 0.324. The van der Waals surface area contributed by atoms with Crippen molar-refractivity contribution in [3.8, 4) is 17.2 Å². The Hall–Kier alpha value is -3.03. The van der Waals surface area contributed by atoms with Crippen LogP contribution in [0.2, 0.25) is 0 Å². The minimum Gasteiger partial charge on any atom is -0.493 e. The number of likely N-dealkylation sites (tertiary alicyclic amines) is 1. The first kappa shape index (κ1) is 27.0. The van der Waals surface area contributed by atoms with E-state index >= 15 is 0 Å². The molecule has 200 valence electrons. The number of benzene rings is 2. The first-order valence-corrected chi connectivity index (χ1v) is 13.3. The predicted molar refractivity (Wildman–Crippen MR) is 146 cm³/mol. The molecule has 1 aliphatic heterocycles. The van der Waals surface area contributed by atoms with Gasteiger partial charge in [0.25, 0.3) is 0 Å². The fraction of sp³-hybridized carbons (Fsp3) is 0.500. The molecular weight excluding hydrogens is 466 g/mol. The van der Waals surface area contributed by atoms with Crippen LogP contribution in [-0.4, -0.2) is 58.6 Å². The maximum Gasteiger partial charge on any atom is 0.161 e. The third-order valence-electron chi connectivity index (χ3n) is 7.20. The van der Waals surface area contributed by atoms with Crippen molar-refractivity contribution >= 4 is 0 Å². The zero-order valence-corrected chi connectivity index (χ0v) is 22.7. The lowest BCUT2D eigenvalue weighted by molar-refractivity contribution is -0.0170. The molecule has 0 saturated carbocycles. The van der Waals surface area contributed by atoms with Crippen molar-refractivity contribution in [2.24, 2.45) is 0 Å². The highest BCUT2D eigenvalue weighted by Gasteiger charge is 2.31. The van der Waals surface area contributed by atoms with E-state index in [1.807, 2.05) is 44.4 Å².